The van der Waals surface area contributed by atoms with Crippen LogP contribution in [0.2, 0.25) is 0 Å². The molecule has 0 fully saturated rings. The van der Waals surface area contributed by atoms with E-state index in [0.717, 1.165) is 106 Å². The number of rotatable bonds is 12. The molecule has 0 aliphatic heterocycles. The number of carbonyl (C=O) groups is 2. The van der Waals surface area contributed by atoms with Crippen LogP contribution in [0.5, 0.6) is 23.0 Å². The van der Waals surface area contributed by atoms with Crippen LogP contribution in [0, 0.1) is 41.5 Å². The number of hydrogen-bond acceptors (Lipinski definition) is 15. The van der Waals surface area contributed by atoms with Crippen molar-refractivity contribution < 1.29 is 46.8 Å². The lowest BCUT2D eigenvalue weighted by Gasteiger charge is -2.15. The molecule has 0 saturated heterocycles. The fourth-order valence-electron chi connectivity index (χ4n) is 7.47. The van der Waals surface area contributed by atoms with E-state index in [1.807, 2.05) is 109 Å². The molecule has 15 nitrogen and oxygen atoms in total. The highest BCUT2D eigenvalue weighted by molar-refractivity contribution is 9.10. The standard InChI is InChI=1S/C18H21NO4.C16H15NO3.C12H14N2O2.C7H8BrNO/c1-5-22-9-8-15(20)10-14-6-7-16(17(11-14)21-4)18-12(2)19-23-13(18)3;1-9-16(10(2)20-17-9)14-7-11-4-5-13(18)6-12(11)8-15(14)19-3;1-7-12(8(2)16-14-7)10-5-4-9(13)6-11(10)15-3;1-10-7-4-5(9)2-3-6(7)8/h6-9,11H,5,10H2,1-4H3;4-5,7-8H,6H2,1-3H3;4-6H,13H2,1-3H3;2-4H,9H2,1H3/b9-8+;;;. The summed E-state index contributed by atoms with van der Waals surface area (Å²) in [6.07, 6.45) is 7.05. The van der Waals surface area contributed by atoms with E-state index in [1.165, 1.54) is 12.3 Å². The highest BCUT2D eigenvalue weighted by Gasteiger charge is 2.21. The lowest BCUT2D eigenvalue weighted by molar-refractivity contribution is -0.114. The number of nitrogens with zero attached hydrogens (tertiary/aromatic N) is 3. The zero-order chi connectivity index (χ0) is 50.4. The first-order valence-corrected chi connectivity index (χ1v) is 22.5. The molecule has 16 heteroatoms. The Labute approximate surface area is 410 Å². The topological polar surface area (TPSA) is 210 Å². The summed E-state index contributed by atoms with van der Waals surface area (Å²) in [6, 6.07) is 20.7. The quantitative estimate of drug-likeness (QED) is 0.0662. The molecule has 3 heterocycles. The molecule has 1 aliphatic rings. The fourth-order valence-corrected chi connectivity index (χ4v) is 7.87. The Morgan fingerprint density at radius 2 is 1.12 bits per heavy atom. The van der Waals surface area contributed by atoms with E-state index in [1.54, 1.807) is 46.6 Å². The van der Waals surface area contributed by atoms with Crippen molar-refractivity contribution in [3.8, 4) is 56.4 Å². The molecule has 3 aromatic heterocycles. The third kappa shape index (κ3) is 13.3. The van der Waals surface area contributed by atoms with E-state index in [4.69, 9.17) is 48.7 Å². The summed E-state index contributed by atoms with van der Waals surface area (Å²) in [5.41, 5.74) is 23.7. The summed E-state index contributed by atoms with van der Waals surface area (Å²) in [5.74, 6) is 5.30. The molecule has 7 aromatic rings. The predicted octanol–water partition coefficient (Wildman–Crippen LogP) is 11.3. The molecule has 8 rings (SSSR count). The second kappa shape index (κ2) is 24.4. The van der Waals surface area contributed by atoms with Gasteiger partial charge in [0.25, 0.3) is 0 Å². The van der Waals surface area contributed by atoms with Gasteiger partial charge in [-0.25, -0.2) is 0 Å². The summed E-state index contributed by atoms with van der Waals surface area (Å²) in [4.78, 5) is 23.4. The Morgan fingerprint density at radius 3 is 1.61 bits per heavy atom. The molecule has 69 heavy (non-hydrogen) atoms. The number of benzene rings is 4. The minimum absolute atomic E-state index is 0.0226. The average molecular weight is 1000 g/mol. The Bertz CT molecular complexity index is 2910. The van der Waals surface area contributed by atoms with Gasteiger partial charge in [-0.15, -0.1) is 0 Å². The number of hydrogen-bond donors (Lipinski definition) is 2. The number of carbonyl (C=O) groups excluding carboxylic acids is 2. The molecule has 362 valence electrons. The van der Waals surface area contributed by atoms with Crippen LogP contribution in [-0.2, 0) is 27.2 Å². The van der Waals surface area contributed by atoms with E-state index in [9.17, 15) is 9.59 Å². The van der Waals surface area contributed by atoms with Gasteiger partial charge in [-0.05, 0) is 130 Å². The summed E-state index contributed by atoms with van der Waals surface area (Å²) in [5, 5.41) is 11.9. The van der Waals surface area contributed by atoms with Gasteiger partial charge < -0.3 is 48.7 Å². The van der Waals surface area contributed by atoms with Gasteiger partial charge >= 0.3 is 0 Å². The Morgan fingerprint density at radius 1 is 0.638 bits per heavy atom. The zero-order valence-corrected chi connectivity index (χ0v) is 42.3. The predicted molar refractivity (Wildman–Crippen MR) is 271 cm³/mol. The van der Waals surface area contributed by atoms with Gasteiger partial charge in [0.2, 0.25) is 0 Å². The van der Waals surface area contributed by atoms with Crippen LogP contribution in [0.4, 0.5) is 11.4 Å². The first-order chi connectivity index (χ1) is 33.0. The minimum Gasteiger partial charge on any atom is -0.501 e. The molecule has 0 spiro atoms. The van der Waals surface area contributed by atoms with E-state index in [2.05, 4.69) is 31.4 Å². The normalized spacial score (nSPS) is 11.3. The number of halogens is 1. The molecule has 4 aromatic carbocycles. The van der Waals surface area contributed by atoms with E-state index in [0.29, 0.717) is 36.6 Å². The maximum absolute atomic E-state index is 11.9. The van der Waals surface area contributed by atoms with Crippen molar-refractivity contribution in [2.45, 2.75) is 61.3 Å². The van der Waals surface area contributed by atoms with Gasteiger partial charge in [-0.1, -0.05) is 33.7 Å². The highest BCUT2D eigenvalue weighted by atomic mass is 79.9. The van der Waals surface area contributed by atoms with Gasteiger partial charge in [-0.2, -0.15) is 0 Å². The van der Waals surface area contributed by atoms with Gasteiger partial charge in [-0.3, -0.25) is 9.59 Å². The first kappa shape index (κ1) is 52.4. The molecule has 0 atom stereocenters. The van der Waals surface area contributed by atoms with Gasteiger partial charge in [0.05, 0.1) is 79.6 Å². The van der Waals surface area contributed by atoms with Crippen molar-refractivity contribution in [1.29, 1.82) is 0 Å². The number of ether oxygens (including phenoxy) is 5. The number of anilines is 2. The van der Waals surface area contributed by atoms with Crippen LogP contribution < -0.4 is 30.4 Å². The second-order valence-electron chi connectivity index (χ2n) is 15.6. The maximum Gasteiger partial charge on any atom is 0.163 e. The van der Waals surface area contributed by atoms with Crippen molar-refractivity contribution in [3.63, 3.8) is 0 Å². The third-order valence-electron chi connectivity index (χ3n) is 10.7. The Hall–Kier alpha value is -7.59. The van der Waals surface area contributed by atoms with Crippen molar-refractivity contribution >= 4 is 44.9 Å². The van der Waals surface area contributed by atoms with E-state index in [-0.39, 0.29) is 11.6 Å². The lowest BCUT2D eigenvalue weighted by Crippen LogP contribution is -2.06. The SMILES string of the molecule is CCO/C=C/C(=O)Cc1ccc(-c2c(C)noc2C)c(OC)c1.COc1cc(N)ccc1-c1c(C)noc1C.COc1cc(N)ccc1Br.COc1cc2c(cc1-c1c(C)noc1C)C=CC(=O)C2. The van der Waals surface area contributed by atoms with Gasteiger partial charge in [0.1, 0.15) is 40.3 Å². The Kier molecular flexibility index (Phi) is 18.6. The van der Waals surface area contributed by atoms with Crippen molar-refractivity contribution in [2.24, 2.45) is 0 Å². The number of nitrogens with two attached hydrogens (primary N) is 2. The van der Waals surface area contributed by atoms with Crippen LogP contribution >= 0.6 is 15.9 Å². The number of nitrogen functional groups attached to an aromatic ring is 2. The molecule has 4 N–H and O–H groups in total. The van der Waals surface area contributed by atoms with Crippen LogP contribution in [-0.4, -0.2) is 62.1 Å². The summed E-state index contributed by atoms with van der Waals surface area (Å²) < 4.78 is 42.8. The molecule has 0 radical (unpaired) electrons. The van der Waals surface area contributed by atoms with Crippen LogP contribution in [0.1, 0.15) is 58.0 Å². The summed E-state index contributed by atoms with van der Waals surface area (Å²) >= 11 is 3.31. The zero-order valence-electron chi connectivity index (χ0n) is 40.7. The monoisotopic (exact) mass is 1000 g/mol. The fraction of sp³-hybridized carbons (Fsp3) is 0.264. The molecule has 0 unspecified atom stereocenters. The summed E-state index contributed by atoms with van der Waals surface area (Å²) in [6.45, 7) is 13.7. The van der Waals surface area contributed by atoms with Gasteiger partial charge in [0, 0.05) is 59.1 Å². The van der Waals surface area contributed by atoms with E-state index >= 15 is 0 Å². The highest BCUT2D eigenvalue weighted by Crippen LogP contribution is 2.39. The number of fused-ring (bicyclic) bond motifs is 1. The number of methoxy groups -OCH3 is 4. The number of aromatic nitrogens is 3. The van der Waals surface area contributed by atoms with Crippen LogP contribution in [0.3, 0.4) is 0 Å². The molecular formula is C53H58BrN5O10. The number of aryl methyl sites for hydroxylation is 6. The smallest absolute Gasteiger partial charge is 0.163 e. The van der Waals surface area contributed by atoms with Crippen molar-refractivity contribution in [1.82, 2.24) is 15.5 Å². The molecular weight excluding hydrogens is 947 g/mol. The minimum atomic E-state index is -0.0226. The maximum atomic E-state index is 11.9. The van der Waals surface area contributed by atoms with Crippen LogP contribution in [0.15, 0.2) is 103 Å². The Balaban J connectivity index is 0.000000178. The number of ketones is 2. The largest absolute Gasteiger partial charge is 0.501 e. The number of allylic oxidation sites excluding steroid dienone is 2. The molecule has 0 bridgehead atoms. The summed E-state index contributed by atoms with van der Waals surface area (Å²) in [7, 11) is 6.47. The molecule has 0 saturated carbocycles. The van der Waals surface area contributed by atoms with Gasteiger partial charge in [0.15, 0.2) is 11.6 Å². The average Bonchev–Trinajstić information content (AvgIpc) is 3.98. The third-order valence-corrected chi connectivity index (χ3v) is 11.4. The van der Waals surface area contributed by atoms with Crippen LogP contribution in [0.25, 0.3) is 39.5 Å². The van der Waals surface area contributed by atoms with Crippen molar-refractivity contribution in [2.75, 3.05) is 46.5 Å². The first-order valence-electron chi connectivity index (χ1n) is 21.8. The molecule has 1 aliphatic carbocycles. The lowest BCUT2D eigenvalue weighted by atomic mass is 9.91. The van der Waals surface area contributed by atoms with E-state index < -0.39 is 0 Å². The van der Waals surface area contributed by atoms with Crippen molar-refractivity contribution in [3.05, 3.63) is 141 Å². The second-order valence-corrected chi connectivity index (χ2v) is 16.5. The molecule has 0 amide bonds.